The third-order valence-corrected chi connectivity index (χ3v) is 2.96. The lowest BCUT2D eigenvalue weighted by molar-refractivity contribution is -0.133. The van der Waals surface area contributed by atoms with Crippen molar-refractivity contribution < 1.29 is 4.79 Å². The van der Waals surface area contributed by atoms with Crippen LogP contribution in [0.15, 0.2) is 36.7 Å². The van der Waals surface area contributed by atoms with Crippen molar-refractivity contribution >= 4 is 5.91 Å². The van der Waals surface area contributed by atoms with E-state index in [0.717, 1.165) is 5.56 Å². The van der Waals surface area contributed by atoms with Crippen LogP contribution in [0.5, 0.6) is 0 Å². The average molecular weight is 269 g/mol. The van der Waals surface area contributed by atoms with Crippen molar-refractivity contribution in [1.29, 1.82) is 5.26 Å². The van der Waals surface area contributed by atoms with Crippen LogP contribution < -0.4 is 0 Å². The summed E-state index contributed by atoms with van der Waals surface area (Å²) in [7, 11) is 1.65. The van der Waals surface area contributed by atoms with Crippen LogP contribution in [0.25, 0.3) is 0 Å². The molecule has 0 fully saturated rings. The lowest BCUT2D eigenvalue weighted by atomic mass is 9.99. The minimum absolute atomic E-state index is 0.215. The van der Waals surface area contributed by atoms with Crippen LogP contribution in [0.4, 0.5) is 0 Å². The Labute approximate surface area is 117 Å². The van der Waals surface area contributed by atoms with Crippen LogP contribution in [0.3, 0.4) is 0 Å². The van der Waals surface area contributed by atoms with Crippen LogP contribution in [0, 0.1) is 17.2 Å². The van der Waals surface area contributed by atoms with Crippen molar-refractivity contribution in [2.45, 2.75) is 13.0 Å². The molecule has 1 aromatic carbocycles. The second-order valence-corrected chi connectivity index (χ2v) is 4.50. The van der Waals surface area contributed by atoms with E-state index in [1.54, 1.807) is 7.05 Å². The molecule has 1 N–H and O–H groups in total. The lowest BCUT2D eigenvalue weighted by Gasteiger charge is -2.18. The maximum atomic E-state index is 12.2. The van der Waals surface area contributed by atoms with Gasteiger partial charge in [0.25, 0.3) is 0 Å². The molecule has 0 aliphatic heterocycles. The number of nitrogens with one attached hydrogen (secondary N) is 1. The van der Waals surface area contributed by atoms with Gasteiger partial charge in [0.2, 0.25) is 5.91 Å². The monoisotopic (exact) mass is 269 g/mol. The van der Waals surface area contributed by atoms with Gasteiger partial charge < -0.3 is 4.90 Å². The molecule has 20 heavy (non-hydrogen) atoms. The zero-order valence-electron chi connectivity index (χ0n) is 11.2. The Bertz CT molecular complexity index is 588. The number of hydrogen-bond acceptors (Lipinski definition) is 4. The van der Waals surface area contributed by atoms with E-state index in [0.29, 0.717) is 18.8 Å². The number of hydrogen-bond donors (Lipinski definition) is 1. The Balaban J connectivity index is 2.00. The summed E-state index contributed by atoms with van der Waals surface area (Å²) in [6.45, 7) is 0.311. The van der Waals surface area contributed by atoms with Crippen LogP contribution >= 0.6 is 0 Å². The Morgan fingerprint density at radius 2 is 2.20 bits per heavy atom. The van der Waals surface area contributed by atoms with E-state index in [2.05, 4.69) is 21.3 Å². The Hall–Kier alpha value is -2.68. The summed E-state index contributed by atoms with van der Waals surface area (Å²) >= 11 is 0. The molecule has 0 spiro atoms. The SMILES string of the molecule is CN(Cc1ncn[nH]1)C(=O)C(C#N)Cc1ccccc1. The highest BCUT2D eigenvalue weighted by molar-refractivity contribution is 5.81. The number of nitriles is 1. The van der Waals surface area contributed by atoms with E-state index < -0.39 is 5.92 Å². The summed E-state index contributed by atoms with van der Waals surface area (Å²) in [4.78, 5) is 17.7. The number of H-pyrrole nitrogens is 1. The number of aromatic nitrogens is 3. The first-order chi connectivity index (χ1) is 9.70. The van der Waals surface area contributed by atoms with E-state index in [1.165, 1.54) is 11.2 Å². The van der Waals surface area contributed by atoms with E-state index >= 15 is 0 Å². The highest BCUT2D eigenvalue weighted by Gasteiger charge is 2.22. The molecule has 1 amide bonds. The van der Waals surface area contributed by atoms with Crippen molar-refractivity contribution in [3.63, 3.8) is 0 Å². The van der Waals surface area contributed by atoms with E-state index in [1.807, 2.05) is 30.3 Å². The smallest absolute Gasteiger partial charge is 0.240 e. The number of amides is 1. The summed E-state index contributed by atoms with van der Waals surface area (Å²) in [5.41, 5.74) is 0.973. The molecule has 2 aromatic rings. The van der Waals surface area contributed by atoms with Crippen LogP contribution in [-0.2, 0) is 17.8 Å². The number of rotatable bonds is 5. The number of carbonyl (C=O) groups is 1. The average Bonchev–Trinajstić information content (AvgIpc) is 2.98. The Kier molecular flexibility index (Phi) is 4.45. The Morgan fingerprint density at radius 3 is 2.80 bits per heavy atom. The minimum atomic E-state index is -0.690. The molecule has 0 saturated carbocycles. The number of aromatic amines is 1. The minimum Gasteiger partial charge on any atom is -0.337 e. The molecule has 1 unspecified atom stereocenters. The molecule has 0 radical (unpaired) electrons. The van der Waals surface area contributed by atoms with Gasteiger partial charge >= 0.3 is 0 Å². The van der Waals surface area contributed by atoms with Gasteiger partial charge in [-0.1, -0.05) is 30.3 Å². The second-order valence-electron chi connectivity index (χ2n) is 4.50. The quantitative estimate of drug-likeness (QED) is 0.882. The molecule has 1 atom stereocenters. The van der Waals surface area contributed by atoms with Crippen LogP contribution in [0.2, 0.25) is 0 Å². The van der Waals surface area contributed by atoms with Crippen molar-refractivity contribution in [2.24, 2.45) is 5.92 Å². The molecule has 1 aromatic heterocycles. The summed E-state index contributed by atoms with van der Waals surface area (Å²) < 4.78 is 0. The van der Waals surface area contributed by atoms with Gasteiger partial charge in [-0.15, -0.1) is 0 Å². The van der Waals surface area contributed by atoms with Gasteiger partial charge in [-0.05, 0) is 12.0 Å². The standard InChI is InChI=1S/C14H15N5O/c1-19(9-13-16-10-17-18-13)14(20)12(8-15)7-11-5-3-2-4-6-11/h2-6,10,12H,7,9H2,1H3,(H,16,17,18). The summed E-state index contributed by atoms with van der Waals surface area (Å²) in [5, 5.41) is 15.6. The predicted molar refractivity (Wildman–Crippen MR) is 72.1 cm³/mol. The summed E-state index contributed by atoms with van der Waals surface area (Å²) in [6, 6.07) is 11.6. The van der Waals surface area contributed by atoms with Gasteiger partial charge in [0.05, 0.1) is 12.6 Å². The zero-order valence-corrected chi connectivity index (χ0v) is 11.2. The van der Waals surface area contributed by atoms with Crippen molar-refractivity contribution in [3.05, 3.63) is 48.0 Å². The molecular formula is C14H15N5O. The maximum Gasteiger partial charge on any atom is 0.240 e. The molecule has 0 bridgehead atoms. The maximum absolute atomic E-state index is 12.2. The van der Waals surface area contributed by atoms with E-state index in [4.69, 9.17) is 0 Å². The molecule has 0 aliphatic carbocycles. The van der Waals surface area contributed by atoms with Gasteiger partial charge in [-0.3, -0.25) is 9.89 Å². The number of benzene rings is 1. The first kappa shape index (κ1) is 13.7. The van der Waals surface area contributed by atoms with Crippen LogP contribution in [-0.4, -0.2) is 33.0 Å². The molecule has 1 heterocycles. The third kappa shape index (κ3) is 3.42. The normalized spacial score (nSPS) is 11.6. The fraction of sp³-hybridized carbons (Fsp3) is 0.286. The number of nitrogens with zero attached hydrogens (tertiary/aromatic N) is 4. The predicted octanol–water partition coefficient (Wildman–Crippen LogP) is 1.15. The van der Waals surface area contributed by atoms with Crippen molar-refractivity contribution in [1.82, 2.24) is 20.1 Å². The number of carbonyl (C=O) groups excluding carboxylic acids is 1. The highest BCUT2D eigenvalue weighted by atomic mass is 16.2. The molecule has 6 nitrogen and oxygen atoms in total. The zero-order chi connectivity index (χ0) is 14.4. The summed E-state index contributed by atoms with van der Waals surface area (Å²) in [5.74, 6) is -0.310. The Morgan fingerprint density at radius 1 is 1.45 bits per heavy atom. The molecule has 0 aliphatic rings. The first-order valence-corrected chi connectivity index (χ1v) is 6.23. The summed E-state index contributed by atoms with van der Waals surface area (Å²) in [6.07, 6.45) is 1.80. The largest absolute Gasteiger partial charge is 0.337 e. The van der Waals surface area contributed by atoms with Gasteiger partial charge in [0.15, 0.2) is 0 Å². The highest BCUT2D eigenvalue weighted by Crippen LogP contribution is 2.11. The van der Waals surface area contributed by atoms with E-state index in [-0.39, 0.29) is 5.91 Å². The van der Waals surface area contributed by atoms with Crippen LogP contribution in [0.1, 0.15) is 11.4 Å². The lowest BCUT2D eigenvalue weighted by Crippen LogP contribution is -2.33. The molecule has 102 valence electrons. The molecular weight excluding hydrogens is 254 g/mol. The third-order valence-electron chi connectivity index (χ3n) is 2.96. The van der Waals surface area contributed by atoms with Gasteiger partial charge in [-0.25, -0.2) is 4.98 Å². The van der Waals surface area contributed by atoms with Gasteiger partial charge in [-0.2, -0.15) is 10.4 Å². The molecule has 6 heteroatoms. The first-order valence-electron chi connectivity index (χ1n) is 6.23. The molecule has 0 saturated heterocycles. The fourth-order valence-corrected chi connectivity index (χ4v) is 1.91. The van der Waals surface area contributed by atoms with E-state index in [9.17, 15) is 10.1 Å². The van der Waals surface area contributed by atoms with Gasteiger partial charge in [0, 0.05) is 7.05 Å². The molecule has 2 rings (SSSR count). The van der Waals surface area contributed by atoms with Gasteiger partial charge in [0.1, 0.15) is 18.1 Å². The van der Waals surface area contributed by atoms with Crippen molar-refractivity contribution in [3.8, 4) is 6.07 Å². The second kappa shape index (κ2) is 6.48. The van der Waals surface area contributed by atoms with Crippen molar-refractivity contribution in [2.75, 3.05) is 7.05 Å². The topological polar surface area (TPSA) is 85.7 Å². The fourth-order valence-electron chi connectivity index (χ4n) is 1.91.